The summed E-state index contributed by atoms with van der Waals surface area (Å²) in [4.78, 5) is 13.3. The third kappa shape index (κ3) is 2.55. The Bertz CT molecular complexity index is 1270. The molecule has 0 bridgehead atoms. The standard InChI is InChI=1S/C22H15N2O2S/c23-22(25)17-5-1-6-18-21(17)16-9-8-14(20-7-2-10-26-20)12-19(16)24(18)13-15-4-3-11-27-15/h1-8,10-12H,13H2,(H2,23,25). The lowest BCUT2D eigenvalue weighted by Gasteiger charge is -2.07. The Hall–Kier alpha value is -3.31. The zero-order chi connectivity index (χ0) is 18.4. The molecule has 0 saturated heterocycles. The maximum Gasteiger partial charge on any atom is 0.249 e. The highest BCUT2D eigenvalue weighted by atomic mass is 32.1. The normalized spacial score (nSPS) is 11.4. The van der Waals surface area contributed by atoms with Gasteiger partial charge in [-0.25, -0.2) is 0 Å². The van der Waals surface area contributed by atoms with Crippen molar-refractivity contribution in [3.05, 3.63) is 82.7 Å². The van der Waals surface area contributed by atoms with Crippen LogP contribution in [0.4, 0.5) is 0 Å². The molecule has 1 amide bonds. The van der Waals surface area contributed by atoms with Crippen LogP contribution in [0, 0.1) is 6.07 Å². The number of amides is 1. The molecule has 0 unspecified atom stereocenters. The molecule has 2 N–H and O–H groups in total. The van der Waals surface area contributed by atoms with Gasteiger partial charge < -0.3 is 14.7 Å². The fraction of sp³-hybridized carbons (Fsp3) is 0.0455. The van der Waals surface area contributed by atoms with Gasteiger partial charge in [-0.3, -0.25) is 4.79 Å². The molecule has 1 radical (unpaired) electrons. The quantitative estimate of drug-likeness (QED) is 0.480. The molecule has 0 aliphatic heterocycles. The zero-order valence-electron chi connectivity index (χ0n) is 14.3. The number of hydrogen-bond acceptors (Lipinski definition) is 3. The molecule has 4 nitrogen and oxygen atoms in total. The van der Waals surface area contributed by atoms with E-state index in [1.807, 2.05) is 36.4 Å². The number of carbonyl (C=O) groups is 1. The van der Waals surface area contributed by atoms with Crippen LogP contribution in [0.25, 0.3) is 33.1 Å². The highest BCUT2D eigenvalue weighted by Crippen LogP contribution is 2.35. The second kappa shape index (κ2) is 6.14. The average Bonchev–Trinajstić information content (AvgIpc) is 3.43. The minimum atomic E-state index is -0.431. The molecule has 27 heavy (non-hydrogen) atoms. The van der Waals surface area contributed by atoms with E-state index in [0.29, 0.717) is 5.56 Å². The average molecular weight is 371 g/mol. The third-order valence-electron chi connectivity index (χ3n) is 4.76. The molecule has 5 rings (SSSR count). The lowest BCUT2D eigenvalue weighted by molar-refractivity contribution is 0.100. The van der Waals surface area contributed by atoms with E-state index in [1.165, 1.54) is 4.88 Å². The molecule has 0 aliphatic carbocycles. The lowest BCUT2D eigenvalue weighted by atomic mass is 10.0. The van der Waals surface area contributed by atoms with Gasteiger partial charge in [-0.1, -0.05) is 12.1 Å². The lowest BCUT2D eigenvalue weighted by Crippen LogP contribution is -2.11. The largest absolute Gasteiger partial charge is 0.464 e. The number of benzene rings is 2. The number of nitrogens with two attached hydrogens (primary N) is 1. The Morgan fingerprint density at radius 2 is 2.07 bits per heavy atom. The summed E-state index contributed by atoms with van der Waals surface area (Å²) >= 11 is 1.71. The summed E-state index contributed by atoms with van der Waals surface area (Å²) in [6, 6.07) is 21.0. The van der Waals surface area contributed by atoms with Crippen LogP contribution >= 0.6 is 11.3 Å². The van der Waals surface area contributed by atoms with E-state index in [2.05, 4.69) is 28.1 Å². The van der Waals surface area contributed by atoms with Gasteiger partial charge >= 0.3 is 0 Å². The first kappa shape index (κ1) is 15.9. The van der Waals surface area contributed by atoms with Crippen LogP contribution in [0.2, 0.25) is 0 Å². The van der Waals surface area contributed by atoms with Crippen LogP contribution in [0.3, 0.4) is 0 Å². The number of carbonyl (C=O) groups excluding carboxylic acids is 1. The summed E-state index contributed by atoms with van der Waals surface area (Å²) in [5.41, 5.74) is 9.09. The molecule has 2 aromatic carbocycles. The smallest absolute Gasteiger partial charge is 0.249 e. The first-order valence-corrected chi connectivity index (χ1v) is 9.43. The van der Waals surface area contributed by atoms with Crippen molar-refractivity contribution < 1.29 is 9.21 Å². The molecular weight excluding hydrogens is 356 g/mol. The maximum atomic E-state index is 12.0. The van der Waals surface area contributed by atoms with E-state index in [1.54, 1.807) is 23.7 Å². The molecule has 0 spiro atoms. The van der Waals surface area contributed by atoms with E-state index < -0.39 is 5.91 Å². The van der Waals surface area contributed by atoms with Gasteiger partial charge in [0.05, 0.1) is 23.8 Å². The van der Waals surface area contributed by atoms with Crippen molar-refractivity contribution in [1.29, 1.82) is 0 Å². The van der Waals surface area contributed by atoms with Crippen molar-refractivity contribution in [2.24, 2.45) is 5.73 Å². The molecule has 0 fully saturated rings. The number of hydrogen-bond donors (Lipinski definition) is 1. The van der Waals surface area contributed by atoms with Crippen molar-refractivity contribution in [2.75, 3.05) is 0 Å². The Kier molecular flexibility index (Phi) is 3.62. The molecule has 3 heterocycles. The van der Waals surface area contributed by atoms with Gasteiger partial charge in [-0.15, -0.1) is 11.3 Å². The summed E-state index contributed by atoms with van der Waals surface area (Å²) in [5.74, 6) is 0.357. The molecule has 131 valence electrons. The number of aromatic nitrogens is 1. The Balaban J connectivity index is 1.85. The molecule has 0 saturated carbocycles. The van der Waals surface area contributed by atoms with Crippen molar-refractivity contribution in [1.82, 2.24) is 4.57 Å². The van der Waals surface area contributed by atoms with Crippen LogP contribution in [-0.2, 0) is 6.54 Å². The van der Waals surface area contributed by atoms with Gasteiger partial charge in [0.25, 0.3) is 0 Å². The highest BCUT2D eigenvalue weighted by Gasteiger charge is 2.18. The predicted octanol–water partition coefficient (Wildman–Crippen LogP) is 5.06. The summed E-state index contributed by atoms with van der Waals surface area (Å²) in [6.07, 6.45) is 1.66. The van der Waals surface area contributed by atoms with Gasteiger partial charge in [0.15, 0.2) is 0 Å². The van der Waals surface area contributed by atoms with Crippen LogP contribution in [-0.4, -0.2) is 10.5 Å². The van der Waals surface area contributed by atoms with Gasteiger partial charge in [-0.05, 0) is 53.9 Å². The number of primary amides is 1. The Morgan fingerprint density at radius 3 is 2.81 bits per heavy atom. The van der Waals surface area contributed by atoms with E-state index in [4.69, 9.17) is 10.2 Å². The Morgan fingerprint density at radius 1 is 1.15 bits per heavy atom. The number of nitrogens with zero attached hydrogens (tertiary/aromatic N) is 1. The van der Waals surface area contributed by atoms with Gasteiger partial charge in [0.2, 0.25) is 5.91 Å². The van der Waals surface area contributed by atoms with Gasteiger partial charge in [0, 0.05) is 26.8 Å². The highest BCUT2D eigenvalue weighted by molar-refractivity contribution is 7.09. The van der Waals surface area contributed by atoms with Crippen LogP contribution < -0.4 is 5.73 Å². The predicted molar refractivity (Wildman–Crippen MR) is 108 cm³/mol. The first-order valence-electron chi connectivity index (χ1n) is 8.55. The van der Waals surface area contributed by atoms with Crippen LogP contribution in [0.15, 0.2) is 70.7 Å². The van der Waals surface area contributed by atoms with E-state index in [9.17, 15) is 4.79 Å². The monoisotopic (exact) mass is 371 g/mol. The maximum absolute atomic E-state index is 12.0. The summed E-state index contributed by atoms with van der Waals surface area (Å²) in [6.45, 7) is 0.718. The SMILES string of the molecule is NC(=O)c1cccc2c1c1[c]cc(-c3ccco3)cc1n2Cc1cccs1. The zero-order valence-corrected chi connectivity index (χ0v) is 15.1. The van der Waals surface area contributed by atoms with Gasteiger partial charge in [0.1, 0.15) is 5.76 Å². The number of furan rings is 1. The molecule has 0 atom stereocenters. The van der Waals surface area contributed by atoms with Gasteiger partial charge in [-0.2, -0.15) is 0 Å². The van der Waals surface area contributed by atoms with Crippen molar-refractivity contribution in [3.8, 4) is 11.3 Å². The first-order chi connectivity index (χ1) is 13.2. The molecule has 5 aromatic rings. The Labute approximate surface area is 159 Å². The second-order valence-electron chi connectivity index (χ2n) is 6.36. The molecule has 5 heteroatoms. The summed E-state index contributed by atoms with van der Waals surface area (Å²) in [5, 5.41) is 3.81. The fourth-order valence-corrected chi connectivity index (χ4v) is 4.27. The molecule has 0 aliphatic rings. The minimum absolute atomic E-state index is 0.431. The van der Waals surface area contributed by atoms with Crippen LogP contribution in [0.5, 0.6) is 0 Å². The van der Waals surface area contributed by atoms with Crippen molar-refractivity contribution in [3.63, 3.8) is 0 Å². The van der Waals surface area contributed by atoms with Crippen molar-refractivity contribution in [2.45, 2.75) is 6.54 Å². The van der Waals surface area contributed by atoms with E-state index in [-0.39, 0.29) is 0 Å². The number of thiophene rings is 1. The fourth-order valence-electron chi connectivity index (χ4n) is 3.57. The molecular formula is C22H15N2O2S. The number of rotatable bonds is 4. The van der Waals surface area contributed by atoms with Crippen molar-refractivity contribution >= 4 is 39.0 Å². The van der Waals surface area contributed by atoms with Crippen LogP contribution in [0.1, 0.15) is 15.2 Å². The third-order valence-corrected chi connectivity index (χ3v) is 5.62. The van der Waals surface area contributed by atoms with E-state index >= 15 is 0 Å². The second-order valence-corrected chi connectivity index (χ2v) is 7.39. The summed E-state index contributed by atoms with van der Waals surface area (Å²) < 4.78 is 7.76. The number of fused-ring (bicyclic) bond motifs is 3. The van der Waals surface area contributed by atoms with E-state index in [0.717, 1.165) is 39.7 Å². The topological polar surface area (TPSA) is 61.2 Å². The molecule has 3 aromatic heterocycles. The summed E-state index contributed by atoms with van der Waals surface area (Å²) in [7, 11) is 0. The minimum Gasteiger partial charge on any atom is -0.464 e.